The van der Waals surface area contributed by atoms with Gasteiger partial charge in [-0.05, 0) is 12.0 Å². The average Bonchev–Trinajstić information content (AvgIpc) is 2.26. The molecule has 0 aromatic heterocycles. The van der Waals surface area contributed by atoms with Crippen LogP contribution in [0, 0.1) is 0 Å². The van der Waals surface area contributed by atoms with Crippen molar-refractivity contribution in [3.05, 3.63) is 35.9 Å². The fraction of sp³-hybridized carbons (Fsp3) is 0.273. The number of carboxylic acids is 1. The van der Waals surface area contributed by atoms with Gasteiger partial charge in [-0.15, -0.1) is 0 Å². The van der Waals surface area contributed by atoms with E-state index in [1.807, 2.05) is 0 Å². The van der Waals surface area contributed by atoms with Gasteiger partial charge in [-0.25, -0.2) is 4.79 Å². The number of amides is 1. The van der Waals surface area contributed by atoms with E-state index < -0.39 is 11.5 Å². The second kappa shape index (κ2) is 4.59. The van der Waals surface area contributed by atoms with E-state index in [1.54, 1.807) is 37.3 Å². The molecule has 0 radical (unpaired) electrons. The largest absolute Gasteiger partial charge is 0.479 e. The van der Waals surface area contributed by atoms with Crippen molar-refractivity contribution in [2.45, 2.75) is 18.9 Å². The van der Waals surface area contributed by atoms with Crippen molar-refractivity contribution in [1.29, 1.82) is 0 Å². The molecular formula is C11H13NO3. The lowest BCUT2D eigenvalue weighted by molar-refractivity contribution is -0.147. The highest BCUT2D eigenvalue weighted by molar-refractivity contribution is 5.83. The molecule has 4 nitrogen and oxygen atoms in total. The summed E-state index contributed by atoms with van der Waals surface area (Å²) in [6.07, 6.45) is 0.718. The van der Waals surface area contributed by atoms with E-state index in [0.29, 0.717) is 18.4 Å². The summed E-state index contributed by atoms with van der Waals surface area (Å²) in [6.45, 7) is 1.72. The van der Waals surface area contributed by atoms with Crippen LogP contribution in [0.4, 0.5) is 0 Å². The first-order chi connectivity index (χ1) is 7.17. The average molecular weight is 207 g/mol. The lowest BCUT2D eigenvalue weighted by atomic mass is 9.87. The Labute approximate surface area is 87.9 Å². The Morgan fingerprint density at radius 2 is 2.07 bits per heavy atom. The number of carbonyl (C=O) groups excluding carboxylic acids is 1. The highest BCUT2D eigenvalue weighted by atomic mass is 16.4. The van der Waals surface area contributed by atoms with E-state index in [2.05, 4.69) is 5.32 Å². The van der Waals surface area contributed by atoms with Crippen molar-refractivity contribution >= 4 is 12.4 Å². The van der Waals surface area contributed by atoms with Crippen LogP contribution >= 0.6 is 0 Å². The maximum Gasteiger partial charge on any atom is 0.334 e. The fourth-order valence-corrected chi connectivity index (χ4v) is 1.55. The molecule has 1 aromatic carbocycles. The second-order valence-corrected chi connectivity index (χ2v) is 3.19. The molecule has 1 atom stereocenters. The molecule has 0 spiro atoms. The van der Waals surface area contributed by atoms with Crippen molar-refractivity contribution in [3.63, 3.8) is 0 Å². The molecule has 0 saturated carbocycles. The predicted octanol–water partition coefficient (Wildman–Crippen LogP) is 1.12. The smallest absolute Gasteiger partial charge is 0.334 e. The molecule has 1 aromatic rings. The standard InChI is InChI=1S/C11H13NO3/c1-2-11(10(14)15,12-8-13)9-6-4-3-5-7-9/h3-8H,2H2,1H3,(H,12,13)(H,14,15). The first kappa shape index (κ1) is 11.2. The van der Waals surface area contributed by atoms with Crippen LogP contribution in [0.25, 0.3) is 0 Å². The number of aliphatic carboxylic acids is 1. The number of rotatable bonds is 5. The molecule has 0 saturated heterocycles. The molecule has 4 heteroatoms. The van der Waals surface area contributed by atoms with Gasteiger partial charge in [-0.1, -0.05) is 37.3 Å². The predicted molar refractivity (Wildman–Crippen MR) is 55.2 cm³/mol. The van der Waals surface area contributed by atoms with Crippen molar-refractivity contribution in [3.8, 4) is 0 Å². The summed E-state index contributed by atoms with van der Waals surface area (Å²) >= 11 is 0. The van der Waals surface area contributed by atoms with Crippen molar-refractivity contribution in [2.24, 2.45) is 0 Å². The Balaban J connectivity index is 3.21. The molecule has 80 valence electrons. The molecule has 0 aliphatic rings. The van der Waals surface area contributed by atoms with Gasteiger partial charge in [-0.3, -0.25) is 4.79 Å². The molecule has 2 N–H and O–H groups in total. The summed E-state index contributed by atoms with van der Waals surface area (Å²) in [6, 6.07) is 8.67. The Kier molecular flexibility index (Phi) is 3.44. The highest BCUT2D eigenvalue weighted by Crippen LogP contribution is 2.24. The Bertz CT molecular complexity index is 350. The summed E-state index contributed by atoms with van der Waals surface area (Å²) in [5.74, 6) is -1.05. The summed E-state index contributed by atoms with van der Waals surface area (Å²) in [5, 5.41) is 11.6. The van der Waals surface area contributed by atoms with E-state index in [-0.39, 0.29) is 0 Å². The number of benzene rings is 1. The summed E-state index contributed by atoms with van der Waals surface area (Å²) in [7, 11) is 0. The molecule has 1 amide bonds. The van der Waals surface area contributed by atoms with E-state index in [9.17, 15) is 14.7 Å². The lowest BCUT2D eigenvalue weighted by Gasteiger charge is -2.27. The maximum absolute atomic E-state index is 11.2. The van der Waals surface area contributed by atoms with Crippen molar-refractivity contribution in [1.82, 2.24) is 5.32 Å². The minimum absolute atomic E-state index is 0.297. The first-order valence-electron chi connectivity index (χ1n) is 4.67. The SMILES string of the molecule is CCC(NC=O)(C(=O)O)c1ccccc1. The van der Waals surface area contributed by atoms with Crippen LogP contribution in [0.1, 0.15) is 18.9 Å². The molecule has 1 rings (SSSR count). The number of nitrogens with one attached hydrogen (secondary N) is 1. The molecule has 0 aliphatic carbocycles. The third-order valence-corrected chi connectivity index (χ3v) is 2.47. The minimum Gasteiger partial charge on any atom is -0.479 e. The van der Waals surface area contributed by atoms with Crippen LogP contribution in [0.3, 0.4) is 0 Å². The van der Waals surface area contributed by atoms with Crippen LogP contribution in [-0.4, -0.2) is 17.5 Å². The van der Waals surface area contributed by atoms with Crippen LogP contribution in [0.5, 0.6) is 0 Å². The second-order valence-electron chi connectivity index (χ2n) is 3.19. The highest BCUT2D eigenvalue weighted by Gasteiger charge is 2.37. The first-order valence-corrected chi connectivity index (χ1v) is 4.67. The van der Waals surface area contributed by atoms with Crippen LogP contribution in [0.2, 0.25) is 0 Å². The Morgan fingerprint density at radius 3 is 2.47 bits per heavy atom. The molecular weight excluding hydrogens is 194 g/mol. The maximum atomic E-state index is 11.2. The van der Waals surface area contributed by atoms with Gasteiger partial charge in [-0.2, -0.15) is 0 Å². The van der Waals surface area contributed by atoms with Gasteiger partial charge in [0.1, 0.15) is 0 Å². The van der Waals surface area contributed by atoms with Gasteiger partial charge in [0, 0.05) is 0 Å². The molecule has 1 unspecified atom stereocenters. The Hall–Kier alpha value is -1.84. The third-order valence-electron chi connectivity index (χ3n) is 2.47. The zero-order valence-corrected chi connectivity index (χ0v) is 8.43. The summed E-state index contributed by atoms with van der Waals surface area (Å²) < 4.78 is 0. The van der Waals surface area contributed by atoms with Gasteiger partial charge in [0.2, 0.25) is 6.41 Å². The molecule has 0 heterocycles. The third kappa shape index (κ3) is 1.98. The van der Waals surface area contributed by atoms with E-state index in [4.69, 9.17) is 0 Å². The quantitative estimate of drug-likeness (QED) is 0.711. The van der Waals surface area contributed by atoms with Gasteiger partial charge in [0.05, 0.1) is 0 Å². The summed E-state index contributed by atoms with van der Waals surface area (Å²) in [4.78, 5) is 21.7. The van der Waals surface area contributed by atoms with Crippen LogP contribution in [0.15, 0.2) is 30.3 Å². The van der Waals surface area contributed by atoms with E-state index in [0.717, 1.165) is 0 Å². The van der Waals surface area contributed by atoms with Gasteiger partial charge < -0.3 is 10.4 Å². The molecule has 0 bridgehead atoms. The van der Waals surface area contributed by atoms with Gasteiger partial charge >= 0.3 is 5.97 Å². The topological polar surface area (TPSA) is 66.4 Å². The zero-order chi connectivity index (χ0) is 11.3. The van der Waals surface area contributed by atoms with Gasteiger partial charge in [0.15, 0.2) is 5.54 Å². The van der Waals surface area contributed by atoms with Crippen molar-refractivity contribution in [2.75, 3.05) is 0 Å². The van der Waals surface area contributed by atoms with E-state index in [1.165, 1.54) is 0 Å². The van der Waals surface area contributed by atoms with E-state index >= 15 is 0 Å². The molecule has 0 fully saturated rings. The monoisotopic (exact) mass is 207 g/mol. The minimum atomic E-state index is -1.32. The molecule has 0 aliphatic heterocycles. The number of carbonyl (C=O) groups is 2. The number of carboxylic acid groups (broad SMARTS) is 1. The number of hydrogen-bond acceptors (Lipinski definition) is 2. The Morgan fingerprint density at radius 1 is 1.47 bits per heavy atom. The molecule has 15 heavy (non-hydrogen) atoms. The fourth-order valence-electron chi connectivity index (χ4n) is 1.55. The van der Waals surface area contributed by atoms with Crippen LogP contribution < -0.4 is 5.32 Å². The lowest BCUT2D eigenvalue weighted by Crippen LogP contribution is -2.48. The van der Waals surface area contributed by atoms with Gasteiger partial charge in [0.25, 0.3) is 0 Å². The van der Waals surface area contributed by atoms with Crippen LogP contribution in [-0.2, 0) is 15.1 Å². The summed E-state index contributed by atoms with van der Waals surface area (Å²) in [5.41, 5.74) is -0.740. The van der Waals surface area contributed by atoms with Crippen molar-refractivity contribution < 1.29 is 14.7 Å². The number of hydrogen-bond donors (Lipinski definition) is 2. The zero-order valence-electron chi connectivity index (χ0n) is 8.43. The normalized spacial score (nSPS) is 13.9.